The Morgan fingerprint density at radius 3 is 2.26 bits per heavy atom. The lowest BCUT2D eigenvalue weighted by Crippen LogP contribution is -2.34. The molecule has 5 heteroatoms. The zero-order chi connectivity index (χ0) is 20.0. The first-order chi connectivity index (χ1) is 12.8. The van der Waals surface area contributed by atoms with Gasteiger partial charge in [0.15, 0.2) is 0 Å². The van der Waals surface area contributed by atoms with Crippen molar-refractivity contribution in [1.82, 2.24) is 5.32 Å². The number of amides is 2. The van der Waals surface area contributed by atoms with E-state index in [2.05, 4.69) is 28.8 Å². The number of hydrogen-bond acceptors (Lipinski definition) is 3. The third-order valence-corrected chi connectivity index (χ3v) is 5.57. The van der Waals surface area contributed by atoms with Gasteiger partial charge in [0.25, 0.3) is 0 Å². The average Bonchev–Trinajstić information content (AvgIpc) is 2.63. The van der Waals surface area contributed by atoms with E-state index in [0.717, 1.165) is 22.4 Å². The van der Waals surface area contributed by atoms with Gasteiger partial charge in [0.1, 0.15) is 0 Å². The monoisotopic (exact) mass is 384 g/mol. The van der Waals surface area contributed by atoms with Crippen LogP contribution in [0.1, 0.15) is 42.1 Å². The van der Waals surface area contributed by atoms with E-state index in [1.165, 1.54) is 17.3 Å². The number of hydrogen-bond donors (Lipinski definition) is 2. The second-order valence-corrected chi connectivity index (χ2v) is 8.29. The molecule has 0 aliphatic carbocycles. The molecule has 0 spiro atoms. The minimum Gasteiger partial charge on any atom is -0.349 e. The first kappa shape index (κ1) is 21.0. The largest absolute Gasteiger partial charge is 0.349 e. The third-order valence-electron chi connectivity index (χ3n) is 4.43. The number of thioether (sulfide) groups is 1. The van der Waals surface area contributed by atoms with E-state index in [1.807, 2.05) is 58.9 Å². The summed E-state index contributed by atoms with van der Waals surface area (Å²) in [6.07, 6.45) is 0. The molecule has 2 atom stereocenters. The Morgan fingerprint density at radius 1 is 0.963 bits per heavy atom. The second kappa shape index (κ2) is 9.60. The van der Waals surface area contributed by atoms with Crippen molar-refractivity contribution in [2.75, 3.05) is 11.1 Å². The summed E-state index contributed by atoms with van der Waals surface area (Å²) >= 11 is 1.34. The van der Waals surface area contributed by atoms with Crippen LogP contribution in [0, 0.1) is 20.8 Å². The quantitative estimate of drug-likeness (QED) is 0.736. The van der Waals surface area contributed by atoms with Crippen LogP contribution in [-0.2, 0) is 9.59 Å². The summed E-state index contributed by atoms with van der Waals surface area (Å²) in [5, 5.41) is 5.60. The van der Waals surface area contributed by atoms with Crippen molar-refractivity contribution in [2.45, 2.75) is 45.9 Å². The summed E-state index contributed by atoms with van der Waals surface area (Å²) in [6, 6.07) is 13.8. The Bertz CT molecular complexity index is 802. The molecule has 0 heterocycles. The van der Waals surface area contributed by atoms with Crippen LogP contribution in [0.4, 0.5) is 5.69 Å². The van der Waals surface area contributed by atoms with Crippen molar-refractivity contribution in [3.05, 3.63) is 64.7 Å². The van der Waals surface area contributed by atoms with Crippen molar-refractivity contribution in [3.8, 4) is 0 Å². The molecule has 27 heavy (non-hydrogen) atoms. The zero-order valence-electron chi connectivity index (χ0n) is 16.6. The molecular weight excluding hydrogens is 356 g/mol. The SMILES string of the molecule is Cc1ccc(NC(=O)CSC(C)C(=O)NC(C)c2cc(C)ccc2C)cc1. The Balaban J connectivity index is 1.83. The maximum atomic E-state index is 12.5. The highest BCUT2D eigenvalue weighted by Crippen LogP contribution is 2.20. The first-order valence-electron chi connectivity index (χ1n) is 9.12. The van der Waals surface area contributed by atoms with Crippen LogP contribution in [0.15, 0.2) is 42.5 Å². The van der Waals surface area contributed by atoms with Gasteiger partial charge in [-0.15, -0.1) is 11.8 Å². The summed E-state index contributed by atoms with van der Waals surface area (Å²) in [5.41, 5.74) is 5.37. The second-order valence-electron chi connectivity index (χ2n) is 6.96. The number of carbonyl (C=O) groups excluding carboxylic acids is 2. The third kappa shape index (κ3) is 6.43. The summed E-state index contributed by atoms with van der Waals surface area (Å²) in [5.74, 6) is 0.0722. The van der Waals surface area contributed by atoms with Crippen LogP contribution >= 0.6 is 11.8 Å². The molecular formula is C22H28N2O2S. The molecule has 2 aromatic rings. The van der Waals surface area contributed by atoms with Gasteiger partial charge in [-0.05, 0) is 57.9 Å². The number of nitrogens with one attached hydrogen (secondary N) is 2. The van der Waals surface area contributed by atoms with Crippen molar-refractivity contribution in [3.63, 3.8) is 0 Å². The predicted octanol–water partition coefficient (Wildman–Crippen LogP) is 4.55. The molecule has 4 nitrogen and oxygen atoms in total. The molecule has 0 aliphatic rings. The minimum absolute atomic E-state index is 0.0588. The fourth-order valence-electron chi connectivity index (χ4n) is 2.75. The van der Waals surface area contributed by atoms with Crippen LogP contribution in [0.3, 0.4) is 0 Å². The maximum Gasteiger partial charge on any atom is 0.234 e. The molecule has 0 saturated heterocycles. The van der Waals surface area contributed by atoms with E-state index >= 15 is 0 Å². The smallest absolute Gasteiger partial charge is 0.234 e. The first-order valence-corrected chi connectivity index (χ1v) is 10.2. The van der Waals surface area contributed by atoms with E-state index in [1.54, 1.807) is 0 Å². The van der Waals surface area contributed by atoms with Gasteiger partial charge in [0.2, 0.25) is 11.8 Å². The summed E-state index contributed by atoms with van der Waals surface area (Å²) in [7, 11) is 0. The standard InChI is InChI=1S/C22H28N2O2S/c1-14-7-10-19(11-8-14)24-21(25)13-27-18(5)22(26)23-17(4)20-12-15(2)6-9-16(20)3/h6-12,17-18H,13H2,1-5H3,(H,23,26)(H,24,25). The highest BCUT2D eigenvalue weighted by atomic mass is 32.2. The van der Waals surface area contributed by atoms with Gasteiger partial charge >= 0.3 is 0 Å². The Hall–Kier alpha value is -2.27. The van der Waals surface area contributed by atoms with Crippen molar-refractivity contribution < 1.29 is 9.59 Å². The molecule has 0 aromatic heterocycles. The topological polar surface area (TPSA) is 58.2 Å². The summed E-state index contributed by atoms with van der Waals surface area (Å²) in [4.78, 5) is 24.6. The fraction of sp³-hybridized carbons (Fsp3) is 0.364. The van der Waals surface area contributed by atoms with Crippen LogP contribution in [0.25, 0.3) is 0 Å². The average molecular weight is 385 g/mol. The van der Waals surface area contributed by atoms with Gasteiger partial charge in [0, 0.05) is 5.69 Å². The molecule has 2 amide bonds. The minimum atomic E-state index is -0.304. The number of anilines is 1. The lowest BCUT2D eigenvalue weighted by molar-refractivity contribution is -0.120. The van der Waals surface area contributed by atoms with E-state index in [4.69, 9.17) is 0 Å². The summed E-state index contributed by atoms with van der Waals surface area (Å²) < 4.78 is 0. The highest BCUT2D eigenvalue weighted by Gasteiger charge is 2.19. The van der Waals surface area contributed by atoms with Gasteiger partial charge < -0.3 is 10.6 Å². The van der Waals surface area contributed by atoms with E-state index < -0.39 is 0 Å². The molecule has 2 aromatic carbocycles. The molecule has 2 rings (SSSR count). The molecule has 0 bridgehead atoms. The molecule has 2 unspecified atom stereocenters. The van der Waals surface area contributed by atoms with Crippen molar-refractivity contribution >= 4 is 29.3 Å². The fourth-order valence-corrected chi connectivity index (χ4v) is 3.44. The van der Waals surface area contributed by atoms with Crippen LogP contribution in [-0.4, -0.2) is 22.8 Å². The van der Waals surface area contributed by atoms with Gasteiger partial charge in [-0.2, -0.15) is 0 Å². The highest BCUT2D eigenvalue weighted by molar-refractivity contribution is 8.01. The number of rotatable bonds is 7. The molecule has 0 fully saturated rings. The predicted molar refractivity (Wildman–Crippen MR) is 114 cm³/mol. The molecule has 0 saturated carbocycles. The Labute approximate surface area is 166 Å². The molecule has 0 aliphatic heterocycles. The Morgan fingerprint density at radius 2 is 1.59 bits per heavy atom. The number of benzene rings is 2. The van der Waals surface area contributed by atoms with E-state index in [0.29, 0.717) is 0 Å². The van der Waals surface area contributed by atoms with Crippen molar-refractivity contribution in [1.29, 1.82) is 0 Å². The molecule has 144 valence electrons. The van der Waals surface area contributed by atoms with Crippen LogP contribution in [0.2, 0.25) is 0 Å². The van der Waals surface area contributed by atoms with E-state index in [-0.39, 0.29) is 28.9 Å². The van der Waals surface area contributed by atoms with Gasteiger partial charge in [0.05, 0.1) is 17.0 Å². The van der Waals surface area contributed by atoms with Gasteiger partial charge in [-0.3, -0.25) is 9.59 Å². The maximum absolute atomic E-state index is 12.5. The van der Waals surface area contributed by atoms with Crippen LogP contribution < -0.4 is 10.6 Å². The van der Waals surface area contributed by atoms with Gasteiger partial charge in [-0.25, -0.2) is 0 Å². The lowest BCUT2D eigenvalue weighted by atomic mass is 10.00. The summed E-state index contributed by atoms with van der Waals surface area (Å²) in [6.45, 7) is 9.91. The Kier molecular flexibility index (Phi) is 7.48. The number of carbonyl (C=O) groups is 2. The van der Waals surface area contributed by atoms with Gasteiger partial charge in [-0.1, -0.05) is 41.5 Å². The van der Waals surface area contributed by atoms with Crippen LogP contribution in [0.5, 0.6) is 0 Å². The zero-order valence-corrected chi connectivity index (χ0v) is 17.4. The lowest BCUT2D eigenvalue weighted by Gasteiger charge is -2.20. The normalized spacial score (nSPS) is 12.9. The molecule has 0 radical (unpaired) electrons. The van der Waals surface area contributed by atoms with Crippen molar-refractivity contribution in [2.24, 2.45) is 0 Å². The van der Waals surface area contributed by atoms with E-state index in [9.17, 15) is 9.59 Å². The number of aryl methyl sites for hydroxylation is 3. The molecule has 2 N–H and O–H groups in total.